The number of hydrogen-bond acceptors (Lipinski definition) is 2. The van der Waals surface area contributed by atoms with E-state index in [1.165, 1.54) is 5.56 Å². The Bertz CT molecular complexity index is 634. The fraction of sp³-hybridized carbons (Fsp3) is 0.316. The van der Waals surface area contributed by atoms with E-state index in [1.54, 1.807) is 6.92 Å². The molecule has 0 heterocycles. The molecule has 1 amide bonds. The molecule has 0 aliphatic rings. The van der Waals surface area contributed by atoms with Crippen molar-refractivity contribution in [1.29, 1.82) is 0 Å². The third-order valence-electron chi connectivity index (χ3n) is 3.61. The van der Waals surface area contributed by atoms with Crippen molar-refractivity contribution in [2.75, 3.05) is 0 Å². The number of aryl methyl sites for hydroxylation is 2. The van der Waals surface area contributed by atoms with Crippen molar-refractivity contribution >= 4 is 5.91 Å². The van der Waals surface area contributed by atoms with E-state index < -0.39 is 6.10 Å². The predicted molar refractivity (Wildman–Crippen MR) is 89.0 cm³/mol. The van der Waals surface area contributed by atoms with Gasteiger partial charge in [-0.3, -0.25) is 4.79 Å². The molecular weight excluding hydrogens is 274 g/mol. The minimum absolute atomic E-state index is 0.0448. The molecule has 0 bridgehead atoms. The van der Waals surface area contributed by atoms with E-state index in [2.05, 4.69) is 5.32 Å². The summed E-state index contributed by atoms with van der Waals surface area (Å²) in [7, 11) is 0. The van der Waals surface area contributed by atoms with Crippen LogP contribution in [0.5, 0.6) is 5.75 Å². The number of amides is 1. The molecule has 2 atom stereocenters. The SMILES string of the molecule is Cc1ccc([C@@H](C)NC(=O)[C@@H](C)Oc2cccc(C)c2)cc1. The molecule has 0 aliphatic heterocycles. The second kappa shape index (κ2) is 7.12. The Morgan fingerprint density at radius 1 is 1.00 bits per heavy atom. The maximum atomic E-state index is 12.2. The second-order valence-electron chi connectivity index (χ2n) is 5.72. The van der Waals surface area contributed by atoms with Gasteiger partial charge in [0.2, 0.25) is 0 Å². The van der Waals surface area contributed by atoms with Gasteiger partial charge in [0, 0.05) is 0 Å². The van der Waals surface area contributed by atoms with Crippen molar-refractivity contribution < 1.29 is 9.53 Å². The molecule has 0 saturated heterocycles. The lowest BCUT2D eigenvalue weighted by molar-refractivity contribution is -0.127. The molecule has 0 fully saturated rings. The molecule has 2 aromatic carbocycles. The molecule has 22 heavy (non-hydrogen) atoms. The molecule has 2 rings (SSSR count). The summed E-state index contributed by atoms with van der Waals surface area (Å²) in [5, 5.41) is 2.99. The summed E-state index contributed by atoms with van der Waals surface area (Å²) < 4.78 is 5.70. The Balaban J connectivity index is 1.94. The van der Waals surface area contributed by atoms with Crippen molar-refractivity contribution in [2.45, 2.75) is 39.8 Å². The number of ether oxygens (including phenoxy) is 1. The van der Waals surface area contributed by atoms with Crippen LogP contribution in [-0.2, 0) is 4.79 Å². The fourth-order valence-corrected chi connectivity index (χ4v) is 2.22. The number of carbonyl (C=O) groups excluding carboxylic acids is 1. The highest BCUT2D eigenvalue weighted by Gasteiger charge is 2.17. The molecule has 1 N–H and O–H groups in total. The van der Waals surface area contributed by atoms with Gasteiger partial charge in [-0.05, 0) is 51.0 Å². The van der Waals surface area contributed by atoms with Gasteiger partial charge in [0.15, 0.2) is 6.10 Å². The van der Waals surface area contributed by atoms with Crippen molar-refractivity contribution in [3.63, 3.8) is 0 Å². The number of benzene rings is 2. The van der Waals surface area contributed by atoms with E-state index in [0.717, 1.165) is 11.1 Å². The Labute approximate surface area is 132 Å². The number of nitrogens with one attached hydrogen (secondary N) is 1. The van der Waals surface area contributed by atoms with E-state index in [0.29, 0.717) is 5.75 Å². The van der Waals surface area contributed by atoms with E-state index in [4.69, 9.17) is 4.74 Å². The molecule has 0 aromatic heterocycles. The van der Waals surface area contributed by atoms with Gasteiger partial charge in [0.1, 0.15) is 5.75 Å². The first-order valence-electron chi connectivity index (χ1n) is 7.56. The number of hydrogen-bond donors (Lipinski definition) is 1. The number of carbonyl (C=O) groups is 1. The van der Waals surface area contributed by atoms with Crippen molar-refractivity contribution in [2.24, 2.45) is 0 Å². The normalized spacial score (nSPS) is 13.3. The lowest BCUT2D eigenvalue weighted by Gasteiger charge is -2.19. The fourth-order valence-electron chi connectivity index (χ4n) is 2.22. The van der Waals surface area contributed by atoms with Gasteiger partial charge in [0.25, 0.3) is 5.91 Å². The topological polar surface area (TPSA) is 38.3 Å². The maximum absolute atomic E-state index is 12.2. The second-order valence-corrected chi connectivity index (χ2v) is 5.72. The van der Waals surface area contributed by atoms with Gasteiger partial charge in [-0.2, -0.15) is 0 Å². The molecule has 2 aromatic rings. The Hall–Kier alpha value is -2.29. The Morgan fingerprint density at radius 2 is 1.68 bits per heavy atom. The zero-order valence-corrected chi connectivity index (χ0v) is 13.6. The highest BCUT2D eigenvalue weighted by Crippen LogP contribution is 2.16. The summed E-state index contributed by atoms with van der Waals surface area (Å²) in [5.74, 6) is 0.597. The molecule has 0 spiro atoms. The average Bonchev–Trinajstić information content (AvgIpc) is 2.47. The Morgan fingerprint density at radius 3 is 2.32 bits per heavy atom. The molecule has 3 nitrogen and oxygen atoms in total. The first kappa shape index (κ1) is 16.1. The van der Waals surface area contributed by atoms with Crippen LogP contribution in [-0.4, -0.2) is 12.0 Å². The first-order valence-corrected chi connectivity index (χ1v) is 7.56. The van der Waals surface area contributed by atoms with Crippen molar-refractivity contribution in [3.8, 4) is 5.75 Å². The zero-order chi connectivity index (χ0) is 16.1. The van der Waals surface area contributed by atoms with Gasteiger partial charge in [-0.15, -0.1) is 0 Å². The highest BCUT2D eigenvalue weighted by atomic mass is 16.5. The standard InChI is InChI=1S/C19H23NO2/c1-13-8-10-17(11-9-13)15(3)20-19(21)16(4)22-18-7-5-6-14(2)12-18/h5-12,15-16H,1-4H3,(H,20,21)/t15-,16-/m1/s1. The van der Waals surface area contributed by atoms with Crippen molar-refractivity contribution in [1.82, 2.24) is 5.32 Å². The van der Waals surface area contributed by atoms with Gasteiger partial charge >= 0.3 is 0 Å². The summed E-state index contributed by atoms with van der Waals surface area (Å²) in [6.07, 6.45) is -0.533. The first-order chi connectivity index (χ1) is 10.5. The van der Waals surface area contributed by atoms with Crippen LogP contribution in [0.1, 0.15) is 36.6 Å². The van der Waals surface area contributed by atoms with Crippen LogP contribution in [0, 0.1) is 13.8 Å². The molecule has 0 aliphatic carbocycles. The summed E-state index contributed by atoms with van der Waals surface area (Å²) in [6.45, 7) is 7.78. The van der Waals surface area contributed by atoms with E-state index in [1.807, 2.05) is 69.3 Å². The predicted octanol–water partition coefficient (Wildman–Crippen LogP) is 3.95. The summed E-state index contributed by atoms with van der Waals surface area (Å²) >= 11 is 0. The van der Waals surface area contributed by atoms with E-state index >= 15 is 0 Å². The molecule has 116 valence electrons. The minimum Gasteiger partial charge on any atom is -0.481 e. The van der Waals surface area contributed by atoms with Crippen LogP contribution in [0.15, 0.2) is 48.5 Å². The third kappa shape index (κ3) is 4.35. The molecule has 0 unspecified atom stereocenters. The third-order valence-corrected chi connectivity index (χ3v) is 3.61. The minimum atomic E-state index is -0.533. The summed E-state index contributed by atoms with van der Waals surface area (Å²) in [5.41, 5.74) is 3.40. The monoisotopic (exact) mass is 297 g/mol. The van der Waals surface area contributed by atoms with Gasteiger partial charge in [-0.25, -0.2) is 0 Å². The molecule has 3 heteroatoms. The largest absolute Gasteiger partial charge is 0.481 e. The zero-order valence-electron chi connectivity index (χ0n) is 13.6. The van der Waals surface area contributed by atoms with Crippen LogP contribution in [0.2, 0.25) is 0 Å². The lowest BCUT2D eigenvalue weighted by atomic mass is 10.1. The van der Waals surface area contributed by atoms with Gasteiger partial charge in [-0.1, -0.05) is 42.0 Å². The molecule has 0 saturated carbocycles. The summed E-state index contributed by atoms with van der Waals surface area (Å²) in [4.78, 5) is 12.2. The highest BCUT2D eigenvalue weighted by molar-refractivity contribution is 5.81. The molecular formula is C19H23NO2. The van der Waals surface area contributed by atoms with E-state index in [-0.39, 0.29) is 11.9 Å². The number of rotatable bonds is 5. The van der Waals surface area contributed by atoms with Crippen molar-refractivity contribution in [3.05, 3.63) is 65.2 Å². The Kier molecular flexibility index (Phi) is 5.21. The van der Waals surface area contributed by atoms with Crippen LogP contribution >= 0.6 is 0 Å². The van der Waals surface area contributed by atoms with Gasteiger partial charge < -0.3 is 10.1 Å². The molecule has 0 radical (unpaired) electrons. The maximum Gasteiger partial charge on any atom is 0.261 e. The quantitative estimate of drug-likeness (QED) is 0.907. The smallest absolute Gasteiger partial charge is 0.261 e. The summed E-state index contributed by atoms with van der Waals surface area (Å²) in [6, 6.07) is 15.8. The van der Waals surface area contributed by atoms with Crippen LogP contribution in [0.25, 0.3) is 0 Å². The van der Waals surface area contributed by atoms with Gasteiger partial charge in [0.05, 0.1) is 6.04 Å². The van der Waals surface area contributed by atoms with Crippen LogP contribution < -0.4 is 10.1 Å². The average molecular weight is 297 g/mol. The lowest BCUT2D eigenvalue weighted by Crippen LogP contribution is -2.37. The van der Waals surface area contributed by atoms with Crippen LogP contribution in [0.4, 0.5) is 0 Å². The van der Waals surface area contributed by atoms with E-state index in [9.17, 15) is 4.79 Å². The van der Waals surface area contributed by atoms with Crippen LogP contribution in [0.3, 0.4) is 0 Å².